The maximum atomic E-state index is 12.4. The van der Waals surface area contributed by atoms with Crippen molar-refractivity contribution in [1.82, 2.24) is 15.1 Å². The maximum Gasteiger partial charge on any atom is 0.244 e. The zero-order valence-electron chi connectivity index (χ0n) is 13.4. The Morgan fingerprint density at radius 3 is 2.74 bits per heavy atom. The summed E-state index contributed by atoms with van der Waals surface area (Å²) in [7, 11) is 0. The van der Waals surface area contributed by atoms with Gasteiger partial charge in [-0.3, -0.25) is 9.48 Å². The molecule has 1 aliphatic rings. The number of nitrogens with zero attached hydrogens (tertiary/aromatic N) is 2. The van der Waals surface area contributed by atoms with Crippen molar-refractivity contribution >= 4 is 5.91 Å². The van der Waals surface area contributed by atoms with E-state index >= 15 is 0 Å². The van der Waals surface area contributed by atoms with Gasteiger partial charge in [0.25, 0.3) is 0 Å². The van der Waals surface area contributed by atoms with E-state index in [9.17, 15) is 4.79 Å². The normalized spacial score (nSPS) is 16.6. The minimum absolute atomic E-state index is 0.0298. The van der Waals surface area contributed by atoms with Crippen LogP contribution in [0.4, 0.5) is 0 Å². The number of rotatable bonds is 8. The summed E-state index contributed by atoms with van der Waals surface area (Å²) >= 11 is 0. The van der Waals surface area contributed by atoms with Crippen molar-refractivity contribution in [3.8, 4) is 5.75 Å². The first-order chi connectivity index (χ1) is 11.2. The summed E-state index contributed by atoms with van der Waals surface area (Å²) < 4.78 is 7.57. The monoisotopic (exact) mass is 313 g/mol. The van der Waals surface area contributed by atoms with Gasteiger partial charge in [0.2, 0.25) is 5.91 Å². The number of benzene rings is 1. The molecule has 5 nitrogen and oxygen atoms in total. The fraction of sp³-hybridized carbons (Fsp3) is 0.444. The van der Waals surface area contributed by atoms with Crippen LogP contribution in [-0.2, 0) is 4.79 Å². The predicted molar refractivity (Wildman–Crippen MR) is 88.2 cm³/mol. The Hall–Kier alpha value is -2.30. The smallest absolute Gasteiger partial charge is 0.244 e. The van der Waals surface area contributed by atoms with Gasteiger partial charge < -0.3 is 10.1 Å². The van der Waals surface area contributed by atoms with Gasteiger partial charge in [-0.2, -0.15) is 5.10 Å². The quantitative estimate of drug-likeness (QED) is 0.815. The molecule has 122 valence electrons. The average Bonchev–Trinajstić information content (AvgIpc) is 3.16. The Bertz CT molecular complexity index is 621. The van der Waals surface area contributed by atoms with E-state index in [4.69, 9.17) is 4.74 Å². The highest BCUT2D eigenvalue weighted by atomic mass is 16.5. The van der Waals surface area contributed by atoms with Crippen LogP contribution in [0, 0.1) is 5.41 Å². The van der Waals surface area contributed by atoms with E-state index in [1.54, 1.807) is 10.9 Å². The number of aromatic nitrogens is 2. The molecule has 0 spiro atoms. The number of nitrogens with one attached hydrogen (secondary N) is 1. The summed E-state index contributed by atoms with van der Waals surface area (Å²) in [6, 6.07) is 11.4. The second-order valence-electron chi connectivity index (χ2n) is 6.23. The minimum Gasteiger partial charge on any atom is -0.493 e. The van der Waals surface area contributed by atoms with Crippen LogP contribution in [0.1, 0.15) is 32.2 Å². The van der Waals surface area contributed by atoms with Crippen molar-refractivity contribution in [2.75, 3.05) is 13.2 Å². The van der Waals surface area contributed by atoms with Crippen LogP contribution in [0.15, 0.2) is 48.8 Å². The van der Waals surface area contributed by atoms with Crippen LogP contribution in [0.3, 0.4) is 0 Å². The van der Waals surface area contributed by atoms with Crippen LogP contribution in [0.2, 0.25) is 0 Å². The molecule has 1 heterocycles. The van der Waals surface area contributed by atoms with Gasteiger partial charge in [0.15, 0.2) is 0 Å². The molecular weight excluding hydrogens is 290 g/mol. The third kappa shape index (κ3) is 3.92. The second-order valence-corrected chi connectivity index (χ2v) is 6.23. The predicted octanol–water partition coefficient (Wildman–Crippen LogP) is 2.81. The SMILES string of the molecule is CC[C@H](C(=O)NCC1(COc2ccccc2)CC1)n1cccn1. The molecule has 1 amide bonds. The summed E-state index contributed by atoms with van der Waals surface area (Å²) in [5.74, 6) is 0.912. The van der Waals surface area contributed by atoms with Crippen molar-refractivity contribution in [3.05, 3.63) is 48.8 Å². The molecule has 0 bridgehead atoms. The summed E-state index contributed by atoms with van der Waals surface area (Å²) in [5, 5.41) is 7.26. The molecular formula is C18H23N3O2. The molecule has 0 radical (unpaired) electrons. The summed E-state index contributed by atoms with van der Waals surface area (Å²) in [6.45, 7) is 3.31. The van der Waals surface area contributed by atoms with E-state index in [0.29, 0.717) is 13.2 Å². The van der Waals surface area contributed by atoms with Gasteiger partial charge in [-0.1, -0.05) is 25.1 Å². The number of carbonyl (C=O) groups excluding carboxylic acids is 1. The summed E-state index contributed by atoms with van der Waals surface area (Å²) in [4.78, 5) is 12.4. The lowest BCUT2D eigenvalue weighted by molar-refractivity contribution is -0.125. The van der Waals surface area contributed by atoms with Crippen molar-refractivity contribution in [2.24, 2.45) is 5.41 Å². The molecule has 2 aromatic rings. The van der Waals surface area contributed by atoms with E-state index < -0.39 is 0 Å². The van der Waals surface area contributed by atoms with Gasteiger partial charge in [0.05, 0.1) is 6.61 Å². The first kappa shape index (κ1) is 15.6. The Balaban J connectivity index is 1.50. The fourth-order valence-electron chi connectivity index (χ4n) is 2.65. The van der Waals surface area contributed by atoms with Gasteiger partial charge in [0, 0.05) is 24.4 Å². The first-order valence-electron chi connectivity index (χ1n) is 8.17. The minimum atomic E-state index is -0.240. The van der Waals surface area contributed by atoms with Gasteiger partial charge in [0.1, 0.15) is 11.8 Å². The van der Waals surface area contributed by atoms with E-state index in [2.05, 4.69) is 10.4 Å². The van der Waals surface area contributed by atoms with Crippen molar-refractivity contribution in [3.63, 3.8) is 0 Å². The molecule has 1 fully saturated rings. The molecule has 0 unspecified atom stereocenters. The van der Waals surface area contributed by atoms with Crippen LogP contribution in [-0.4, -0.2) is 28.8 Å². The summed E-state index contributed by atoms with van der Waals surface area (Å²) in [6.07, 6.45) is 6.45. The van der Waals surface area contributed by atoms with Crippen LogP contribution in [0.25, 0.3) is 0 Å². The number of hydrogen-bond donors (Lipinski definition) is 1. The fourth-order valence-corrected chi connectivity index (χ4v) is 2.65. The zero-order valence-corrected chi connectivity index (χ0v) is 13.4. The van der Waals surface area contributed by atoms with Crippen LogP contribution in [0.5, 0.6) is 5.75 Å². The van der Waals surface area contributed by atoms with E-state index in [1.165, 1.54) is 0 Å². The molecule has 1 saturated carbocycles. The van der Waals surface area contributed by atoms with Crippen LogP contribution < -0.4 is 10.1 Å². The third-order valence-electron chi connectivity index (χ3n) is 4.42. The Morgan fingerprint density at radius 2 is 2.13 bits per heavy atom. The van der Waals surface area contributed by atoms with E-state index in [0.717, 1.165) is 25.0 Å². The van der Waals surface area contributed by atoms with E-state index in [-0.39, 0.29) is 17.4 Å². The van der Waals surface area contributed by atoms with Gasteiger partial charge in [-0.25, -0.2) is 0 Å². The number of ether oxygens (including phenoxy) is 1. The lowest BCUT2D eigenvalue weighted by Crippen LogP contribution is -2.38. The molecule has 1 aromatic heterocycles. The number of para-hydroxylation sites is 1. The largest absolute Gasteiger partial charge is 0.493 e. The standard InChI is InChI=1S/C18H23N3O2/c1-2-16(21-12-6-11-20-21)17(22)19-13-18(9-10-18)14-23-15-7-4-3-5-8-15/h3-8,11-12,16H,2,9-10,13-14H2,1H3,(H,19,22)/t16-/m1/s1. The molecule has 1 aliphatic carbocycles. The molecule has 1 aromatic carbocycles. The van der Waals surface area contributed by atoms with Gasteiger partial charge in [-0.15, -0.1) is 0 Å². The molecule has 23 heavy (non-hydrogen) atoms. The Labute approximate surface area is 136 Å². The number of amides is 1. The molecule has 0 aliphatic heterocycles. The number of carbonyl (C=O) groups is 1. The van der Waals surface area contributed by atoms with Crippen molar-refractivity contribution in [1.29, 1.82) is 0 Å². The molecule has 1 atom stereocenters. The molecule has 3 rings (SSSR count). The maximum absolute atomic E-state index is 12.4. The van der Waals surface area contributed by atoms with Crippen molar-refractivity contribution in [2.45, 2.75) is 32.2 Å². The highest BCUT2D eigenvalue weighted by Crippen LogP contribution is 2.45. The second kappa shape index (κ2) is 6.86. The van der Waals surface area contributed by atoms with Gasteiger partial charge in [-0.05, 0) is 37.5 Å². The average molecular weight is 313 g/mol. The first-order valence-corrected chi connectivity index (χ1v) is 8.17. The molecule has 1 N–H and O–H groups in total. The van der Waals surface area contributed by atoms with E-state index in [1.807, 2.05) is 49.5 Å². The Kier molecular flexibility index (Phi) is 4.65. The lowest BCUT2D eigenvalue weighted by Gasteiger charge is -2.20. The summed E-state index contributed by atoms with van der Waals surface area (Å²) in [5.41, 5.74) is 0.0912. The Morgan fingerprint density at radius 1 is 1.35 bits per heavy atom. The highest BCUT2D eigenvalue weighted by molar-refractivity contribution is 5.80. The van der Waals surface area contributed by atoms with Crippen LogP contribution >= 0.6 is 0 Å². The highest BCUT2D eigenvalue weighted by Gasteiger charge is 2.44. The van der Waals surface area contributed by atoms with Gasteiger partial charge >= 0.3 is 0 Å². The molecule has 0 saturated heterocycles. The number of hydrogen-bond acceptors (Lipinski definition) is 3. The lowest BCUT2D eigenvalue weighted by atomic mass is 10.1. The zero-order chi connectivity index (χ0) is 16.1. The third-order valence-corrected chi connectivity index (χ3v) is 4.42. The van der Waals surface area contributed by atoms with Crippen molar-refractivity contribution < 1.29 is 9.53 Å². The molecule has 5 heteroatoms. The topological polar surface area (TPSA) is 56.1 Å².